The van der Waals surface area contributed by atoms with Gasteiger partial charge >= 0.3 is 5.69 Å². The van der Waals surface area contributed by atoms with E-state index >= 15 is 0 Å². The zero-order chi connectivity index (χ0) is 25.2. The molecule has 0 fully saturated rings. The summed E-state index contributed by atoms with van der Waals surface area (Å²) in [7, 11) is 0. The molecule has 0 aromatic heterocycles. The molecule has 0 aliphatic rings. The van der Waals surface area contributed by atoms with E-state index in [1.54, 1.807) is 24.3 Å². The van der Waals surface area contributed by atoms with E-state index in [9.17, 15) is 42.0 Å². The number of benzene rings is 3. The zero-order valence-corrected chi connectivity index (χ0v) is 19.0. The largest absolute Gasteiger partial charge is 0.502 e. The fraction of sp³-hybridized carbons (Fsp3) is 0.0455. The number of phenolic OH excluding ortho intramolecular Hbond substituents is 1. The molecule has 0 bridgehead atoms. The molecule has 34 heavy (non-hydrogen) atoms. The van der Waals surface area contributed by atoms with E-state index < -0.39 is 61.7 Å². The maximum Gasteiger partial charge on any atom is 0.311 e. The van der Waals surface area contributed by atoms with E-state index in [0.717, 1.165) is 34.4 Å². The van der Waals surface area contributed by atoms with Gasteiger partial charge in [0.05, 0.1) is 9.83 Å². The number of phenols is 1. The van der Waals surface area contributed by atoms with Gasteiger partial charge in [0.2, 0.25) is 11.6 Å². The van der Waals surface area contributed by atoms with Crippen LogP contribution < -0.4 is 0 Å². The number of hydrogen-bond donors (Lipinski definition) is 1. The average Bonchev–Trinajstić information content (AvgIpc) is 2.81. The second-order valence-corrected chi connectivity index (χ2v) is 8.64. The molecule has 0 spiro atoms. The van der Waals surface area contributed by atoms with Crippen LogP contribution in [0.15, 0.2) is 51.8 Å². The van der Waals surface area contributed by atoms with Crippen molar-refractivity contribution in [1.29, 1.82) is 0 Å². The van der Waals surface area contributed by atoms with E-state index in [2.05, 4.69) is 15.9 Å². The monoisotopic (exact) mass is 559 g/mol. The highest BCUT2D eigenvalue weighted by Crippen LogP contribution is 2.33. The van der Waals surface area contributed by atoms with Crippen LogP contribution in [0.4, 0.5) is 27.6 Å². The number of ketones is 1. The van der Waals surface area contributed by atoms with Gasteiger partial charge in [-0.1, -0.05) is 34.1 Å². The van der Waals surface area contributed by atoms with Gasteiger partial charge in [-0.15, -0.1) is 11.8 Å². The number of nitro benzene ring substituents is 1. The quantitative estimate of drug-likeness (QED) is 0.0646. The Labute approximate surface area is 201 Å². The lowest BCUT2D eigenvalue weighted by molar-refractivity contribution is -0.385. The second-order valence-electron chi connectivity index (χ2n) is 6.70. The highest BCUT2D eigenvalue weighted by molar-refractivity contribution is 9.10. The number of thioether (sulfide) groups is 1. The van der Waals surface area contributed by atoms with Gasteiger partial charge in [-0.05, 0) is 35.4 Å². The molecule has 0 radical (unpaired) electrons. The molecule has 12 heteroatoms. The molecule has 0 saturated heterocycles. The van der Waals surface area contributed by atoms with E-state index in [0.29, 0.717) is 5.56 Å². The molecule has 0 unspecified atom stereocenters. The van der Waals surface area contributed by atoms with Crippen molar-refractivity contribution in [3.63, 3.8) is 0 Å². The maximum absolute atomic E-state index is 14.3. The van der Waals surface area contributed by atoms with Gasteiger partial charge in [-0.3, -0.25) is 14.9 Å². The van der Waals surface area contributed by atoms with Crippen LogP contribution >= 0.6 is 27.7 Å². The molecule has 0 atom stereocenters. The molecule has 0 heterocycles. The van der Waals surface area contributed by atoms with Crippen molar-refractivity contribution in [3.05, 3.63) is 108 Å². The van der Waals surface area contributed by atoms with E-state index in [-0.39, 0.29) is 11.3 Å². The number of carbonyl (C=O) groups excluding carboxylic acids is 1. The van der Waals surface area contributed by atoms with Gasteiger partial charge in [-0.25, -0.2) is 22.0 Å². The van der Waals surface area contributed by atoms with Gasteiger partial charge in [-0.2, -0.15) is 0 Å². The van der Waals surface area contributed by atoms with Crippen molar-refractivity contribution in [2.75, 3.05) is 0 Å². The molecular weight excluding hydrogens is 549 g/mol. The first-order chi connectivity index (χ1) is 16.0. The van der Waals surface area contributed by atoms with E-state index in [4.69, 9.17) is 0 Å². The van der Waals surface area contributed by atoms with Crippen LogP contribution in [0, 0.1) is 39.2 Å². The van der Waals surface area contributed by atoms with Crippen LogP contribution in [0.25, 0.3) is 6.08 Å². The third-order valence-corrected chi connectivity index (χ3v) is 6.08. The summed E-state index contributed by atoms with van der Waals surface area (Å²) in [6.07, 6.45) is 0.996. The van der Waals surface area contributed by atoms with Gasteiger partial charge in [0.15, 0.2) is 29.0 Å². The molecule has 3 rings (SSSR count). The summed E-state index contributed by atoms with van der Waals surface area (Å²) in [5.41, 5.74) is -1.74. The van der Waals surface area contributed by atoms with Crippen LogP contribution in [0.1, 0.15) is 21.5 Å². The predicted molar refractivity (Wildman–Crippen MR) is 119 cm³/mol. The Morgan fingerprint density at radius 2 is 1.53 bits per heavy atom. The minimum Gasteiger partial charge on any atom is -0.502 e. The minimum absolute atomic E-state index is 0.0278. The molecule has 5 nitrogen and oxygen atoms in total. The van der Waals surface area contributed by atoms with E-state index in [1.807, 2.05) is 0 Å². The first-order valence-electron chi connectivity index (χ1n) is 9.13. The summed E-state index contributed by atoms with van der Waals surface area (Å²) in [6, 6.07) is 9.74. The second kappa shape index (κ2) is 10.3. The molecule has 0 amide bonds. The van der Waals surface area contributed by atoms with Gasteiger partial charge < -0.3 is 5.11 Å². The lowest BCUT2D eigenvalue weighted by Crippen LogP contribution is -2.13. The van der Waals surface area contributed by atoms with Crippen LogP contribution in [0.3, 0.4) is 0 Å². The molecule has 0 aliphatic carbocycles. The number of nitrogens with zero attached hydrogens (tertiary/aromatic N) is 1. The standard InChI is InChI=1S/C22H11BrF5NO4S/c23-12-4-1-10(2-5-12)9-34-15(8-11-3-6-14(30)13(7-11)29(32)33)22(31)16-17(24)19(26)21(28)20(27)18(16)25/h1-8,30H,9H2. The molecule has 176 valence electrons. The number of aromatic hydroxyl groups is 1. The molecule has 0 aliphatic heterocycles. The SMILES string of the molecule is O=C(C(=Cc1ccc(O)c([N+](=O)[O-])c1)SCc1ccc(Br)cc1)c1c(F)c(F)c(F)c(F)c1F. The minimum atomic E-state index is -2.41. The summed E-state index contributed by atoms with van der Waals surface area (Å²) in [4.78, 5) is 22.7. The summed E-state index contributed by atoms with van der Waals surface area (Å²) in [6.45, 7) is 0. The number of halogens is 6. The number of hydrogen-bond acceptors (Lipinski definition) is 5. The molecule has 3 aromatic rings. The molecular formula is C22H11BrF5NO4S. The third kappa shape index (κ3) is 5.28. The van der Waals surface area contributed by atoms with Crippen LogP contribution in [0.5, 0.6) is 5.75 Å². The lowest BCUT2D eigenvalue weighted by Gasteiger charge is -2.11. The van der Waals surface area contributed by atoms with E-state index in [1.165, 1.54) is 6.07 Å². The van der Waals surface area contributed by atoms with Gasteiger partial charge in [0.25, 0.3) is 0 Å². The summed E-state index contributed by atoms with van der Waals surface area (Å²) in [5, 5.41) is 20.7. The van der Waals surface area contributed by atoms with Crippen molar-refractivity contribution >= 4 is 45.2 Å². The molecule has 0 saturated carbocycles. The lowest BCUT2D eigenvalue weighted by atomic mass is 10.1. The first kappa shape index (κ1) is 25.4. The van der Waals surface area contributed by atoms with Crippen LogP contribution in [-0.2, 0) is 5.75 Å². The van der Waals surface area contributed by atoms with Gasteiger partial charge in [0, 0.05) is 16.3 Å². The number of nitro groups is 1. The van der Waals surface area contributed by atoms with Crippen molar-refractivity contribution in [2.45, 2.75) is 5.75 Å². The highest BCUT2D eigenvalue weighted by atomic mass is 79.9. The number of allylic oxidation sites excluding steroid dienone is 1. The summed E-state index contributed by atoms with van der Waals surface area (Å²) >= 11 is 3.97. The Morgan fingerprint density at radius 1 is 0.971 bits per heavy atom. The molecule has 1 N–H and O–H groups in total. The summed E-state index contributed by atoms with van der Waals surface area (Å²) in [5.74, 6) is -13.7. The van der Waals surface area contributed by atoms with Crippen LogP contribution in [-0.4, -0.2) is 15.8 Å². The van der Waals surface area contributed by atoms with Crippen LogP contribution in [0.2, 0.25) is 0 Å². The topological polar surface area (TPSA) is 80.4 Å². The molecule has 3 aromatic carbocycles. The normalized spacial score (nSPS) is 11.5. The average molecular weight is 560 g/mol. The first-order valence-corrected chi connectivity index (χ1v) is 10.9. The Morgan fingerprint density at radius 3 is 2.09 bits per heavy atom. The highest BCUT2D eigenvalue weighted by Gasteiger charge is 2.31. The summed E-state index contributed by atoms with van der Waals surface area (Å²) < 4.78 is 70.1. The fourth-order valence-corrected chi connectivity index (χ4v) is 4.00. The number of Topliss-reactive ketones (excluding diaryl/α,β-unsaturated/α-hetero) is 1. The fourth-order valence-electron chi connectivity index (χ4n) is 2.77. The Kier molecular flexibility index (Phi) is 7.72. The third-order valence-electron chi connectivity index (χ3n) is 4.46. The Bertz CT molecular complexity index is 1300. The Hall–Kier alpha value is -3.25. The zero-order valence-electron chi connectivity index (χ0n) is 16.6. The Balaban J connectivity index is 2.11. The predicted octanol–water partition coefficient (Wildman–Crippen LogP) is 6.92. The van der Waals surface area contributed by atoms with Crippen molar-refractivity contribution in [2.24, 2.45) is 0 Å². The van der Waals surface area contributed by atoms with Crippen molar-refractivity contribution < 1.29 is 36.8 Å². The van der Waals surface area contributed by atoms with Crippen molar-refractivity contribution in [1.82, 2.24) is 0 Å². The van der Waals surface area contributed by atoms with Crippen molar-refractivity contribution in [3.8, 4) is 5.75 Å². The number of carbonyl (C=O) groups is 1. The number of rotatable bonds is 7. The smallest absolute Gasteiger partial charge is 0.311 e. The maximum atomic E-state index is 14.3. The van der Waals surface area contributed by atoms with Gasteiger partial charge in [0.1, 0.15) is 5.56 Å².